The molecule has 0 saturated heterocycles. The van der Waals surface area contributed by atoms with E-state index in [-0.39, 0.29) is 0 Å². The van der Waals surface area contributed by atoms with Crippen LogP contribution in [0.3, 0.4) is 0 Å². The molecule has 1 unspecified atom stereocenters. The zero-order chi connectivity index (χ0) is 14.5. The highest BCUT2D eigenvalue weighted by Crippen LogP contribution is 2.37. The number of nitrogens with zero attached hydrogens (tertiary/aromatic N) is 2. The maximum atomic E-state index is 8.65. The molecular weight excluding hydrogens is 248 g/mol. The summed E-state index contributed by atoms with van der Waals surface area (Å²) in [5, 5.41) is 8.65. The predicted molar refractivity (Wildman–Crippen MR) is 79.3 cm³/mol. The minimum absolute atomic E-state index is 0.311. The highest BCUT2D eigenvalue weighted by molar-refractivity contribution is 5.70. The minimum atomic E-state index is 0.311. The van der Waals surface area contributed by atoms with Gasteiger partial charge in [-0.3, -0.25) is 4.98 Å². The van der Waals surface area contributed by atoms with Crippen LogP contribution in [-0.2, 0) is 0 Å². The first-order valence-electron chi connectivity index (χ1n) is 7.02. The molecule has 3 heteroatoms. The number of pyridine rings is 1. The number of furan rings is 1. The van der Waals surface area contributed by atoms with Crippen molar-refractivity contribution in [1.82, 2.24) is 4.98 Å². The maximum Gasteiger partial charge on any atom is 0.115 e. The molecule has 2 rings (SSSR count). The molecule has 0 radical (unpaired) electrons. The molecule has 0 fully saturated rings. The van der Waals surface area contributed by atoms with Crippen molar-refractivity contribution in [2.75, 3.05) is 0 Å². The van der Waals surface area contributed by atoms with Gasteiger partial charge in [-0.2, -0.15) is 5.26 Å². The quantitative estimate of drug-likeness (QED) is 0.735. The van der Waals surface area contributed by atoms with Gasteiger partial charge in [0.15, 0.2) is 0 Å². The maximum absolute atomic E-state index is 8.65. The van der Waals surface area contributed by atoms with Crippen molar-refractivity contribution >= 4 is 0 Å². The molecule has 3 nitrogen and oxygen atoms in total. The third kappa shape index (κ3) is 2.91. The number of aryl methyl sites for hydroxylation is 1. The van der Waals surface area contributed by atoms with Crippen molar-refractivity contribution in [2.24, 2.45) is 0 Å². The molecular formula is C17H20N2O. The Bertz CT molecular complexity index is 608. The summed E-state index contributed by atoms with van der Waals surface area (Å²) in [5.74, 6) is 2.29. The number of rotatable bonds is 5. The summed E-state index contributed by atoms with van der Waals surface area (Å²) in [6.07, 6.45) is 6.13. The van der Waals surface area contributed by atoms with E-state index in [1.54, 1.807) is 6.20 Å². The van der Waals surface area contributed by atoms with Gasteiger partial charge in [-0.1, -0.05) is 13.0 Å². The molecule has 0 saturated carbocycles. The third-order valence-electron chi connectivity index (χ3n) is 3.74. The van der Waals surface area contributed by atoms with Crippen LogP contribution >= 0.6 is 0 Å². The van der Waals surface area contributed by atoms with Crippen LogP contribution in [0.4, 0.5) is 0 Å². The van der Waals surface area contributed by atoms with Gasteiger partial charge in [-0.15, -0.1) is 0 Å². The number of unbranched alkanes of at least 4 members (excludes halogenated alkanes) is 1. The summed E-state index contributed by atoms with van der Waals surface area (Å²) in [6.45, 7) is 6.25. The zero-order valence-electron chi connectivity index (χ0n) is 12.3. The average Bonchev–Trinajstić information content (AvgIpc) is 2.76. The third-order valence-corrected chi connectivity index (χ3v) is 3.74. The smallest absolute Gasteiger partial charge is 0.115 e. The highest BCUT2D eigenvalue weighted by Gasteiger charge is 2.20. The molecule has 0 N–H and O–H groups in total. The molecule has 2 aromatic rings. The van der Waals surface area contributed by atoms with Crippen molar-refractivity contribution in [3.63, 3.8) is 0 Å². The molecule has 0 spiro atoms. The first-order valence-corrected chi connectivity index (χ1v) is 7.02. The fraction of sp³-hybridized carbons (Fsp3) is 0.412. The summed E-state index contributed by atoms with van der Waals surface area (Å²) in [6, 6.07) is 6.21. The molecule has 0 aliphatic rings. The van der Waals surface area contributed by atoms with Gasteiger partial charge >= 0.3 is 0 Å². The summed E-state index contributed by atoms with van der Waals surface area (Å²) < 4.78 is 5.98. The van der Waals surface area contributed by atoms with Crippen LogP contribution in [0.1, 0.15) is 49.2 Å². The molecule has 0 bridgehead atoms. The van der Waals surface area contributed by atoms with Crippen molar-refractivity contribution in [3.05, 3.63) is 41.6 Å². The van der Waals surface area contributed by atoms with Gasteiger partial charge < -0.3 is 4.42 Å². The van der Waals surface area contributed by atoms with Crippen molar-refractivity contribution in [3.8, 4) is 17.2 Å². The number of nitriles is 1. The van der Waals surface area contributed by atoms with Gasteiger partial charge in [0.05, 0.1) is 6.07 Å². The summed E-state index contributed by atoms with van der Waals surface area (Å²) >= 11 is 0. The Morgan fingerprint density at radius 3 is 2.85 bits per heavy atom. The average molecular weight is 268 g/mol. The van der Waals surface area contributed by atoms with Crippen molar-refractivity contribution < 1.29 is 4.42 Å². The van der Waals surface area contributed by atoms with Crippen LogP contribution in [0.5, 0.6) is 0 Å². The Morgan fingerprint density at radius 2 is 2.20 bits per heavy atom. The zero-order valence-corrected chi connectivity index (χ0v) is 12.3. The van der Waals surface area contributed by atoms with E-state index in [1.165, 1.54) is 11.1 Å². The summed E-state index contributed by atoms with van der Waals surface area (Å²) in [5.41, 5.74) is 3.45. The van der Waals surface area contributed by atoms with Gasteiger partial charge in [-0.05, 0) is 38.3 Å². The lowest BCUT2D eigenvalue weighted by molar-refractivity contribution is 0.439. The Hall–Kier alpha value is -2.08. The summed E-state index contributed by atoms with van der Waals surface area (Å²) in [7, 11) is 0. The van der Waals surface area contributed by atoms with Gasteiger partial charge in [-0.25, -0.2) is 0 Å². The Morgan fingerprint density at radius 1 is 1.40 bits per heavy atom. The molecule has 0 aliphatic carbocycles. The molecule has 2 aromatic heterocycles. The van der Waals surface area contributed by atoms with Gasteiger partial charge in [0.2, 0.25) is 0 Å². The lowest BCUT2D eigenvalue weighted by Gasteiger charge is -2.11. The predicted octanol–water partition coefficient (Wildman–Crippen LogP) is 4.76. The lowest BCUT2D eigenvalue weighted by atomic mass is 9.93. The lowest BCUT2D eigenvalue weighted by Crippen LogP contribution is -1.95. The van der Waals surface area contributed by atoms with Crippen LogP contribution in [0, 0.1) is 25.2 Å². The molecule has 0 aliphatic heterocycles. The van der Waals surface area contributed by atoms with Gasteiger partial charge in [0.1, 0.15) is 11.5 Å². The van der Waals surface area contributed by atoms with E-state index in [1.807, 2.05) is 19.2 Å². The van der Waals surface area contributed by atoms with Crippen LogP contribution in [0.2, 0.25) is 0 Å². The van der Waals surface area contributed by atoms with Gasteiger partial charge in [0, 0.05) is 35.9 Å². The first kappa shape index (κ1) is 14.3. The molecule has 1 atom stereocenters. The molecule has 0 aromatic carbocycles. The van der Waals surface area contributed by atoms with Crippen molar-refractivity contribution in [1.29, 1.82) is 5.26 Å². The van der Waals surface area contributed by atoms with Crippen LogP contribution in [0.25, 0.3) is 11.1 Å². The number of hydrogen-bond acceptors (Lipinski definition) is 3. The fourth-order valence-corrected chi connectivity index (χ4v) is 2.49. The molecule has 104 valence electrons. The van der Waals surface area contributed by atoms with E-state index in [0.717, 1.165) is 29.9 Å². The number of hydrogen-bond donors (Lipinski definition) is 0. The van der Waals surface area contributed by atoms with E-state index in [0.29, 0.717) is 12.3 Å². The number of aromatic nitrogens is 1. The van der Waals surface area contributed by atoms with Crippen molar-refractivity contribution in [2.45, 2.75) is 46.0 Å². The molecule has 0 amide bonds. The van der Waals surface area contributed by atoms with Crippen LogP contribution < -0.4 is 0 Å². The second-order valence-electron chi connectivity index (χ2n) is 5.22. The topological polar surface area (TPSA) is 49.8 Å². The van der Waals surface area contributed by atoms with Gasteiger partial charge in [0.25, 0.3) is 0 Å². The monoisotopic (exact) mass is 268 g/mol. The van der Waals surface area contributed by atoms with Crippen LogP contribution in [0.15, 0.2) is 28.9 Å². The molecule has 2 heterocycles. The minimum Gasteiger partial charge on any atom is -0.465 e. The highest BCUT2D eigenvalue weighted by atomic mass is 16.3. The fourth-order valence-electron chi connectivity index (χ4n) is 2.49. The van der Waals surface area contributed by atoms with E-state index >= 15 is 0 Å². The SMILES string of the molecule is Cc1oc(C(C)CCCC#N)c(-c2cccnc2)c1C. The Labute approximate surface area is 120 Å². The largest absolute Gasteiger partial charge is 0.465 e. The first-order chi connectivity index (χ1) is 9.65. The summed E-state index contributed by atoms with van der Waals surface area (Å²) in [4.78, 5) is 4.20. The normalized spacial score (nSPS) is 12.1. The van der Waals surface area contributed by atoms with E-state index < -0.39 is 0 Å². The van der Waals surface area contributed by atoms with E-state index in [2.05, 4.69) is 31.0 Å². The molecule has 20 heavy (non-hydrogen) atoms. The second kappa shape index (κ2) is 6.38. The van der Waals surface area contributed by atoms with Crippen LogP contribution in [-0.4, -0.2) is 4.98 Å². The Kier molecular flexibility index (Phi) is 4.57. The standard InChI is InChI=1S/C17H20N2O/c1-12(7-4-5-9-18)17-16(13(2)14(3)20-17)15-8-6-10-19-11-15/h6,8,10-12H,4-5,7H2,1-3H3. The Balaban J connectivity index is 2.35. The van der Waals surface area contributed by atoms with E-state index in [9.17, 15) is 0 Å². The second-order valence-corrected chi connectivity index (χ2v) is 5.22. The van der Waals surface area contributed by atoms with E-state index in [4.69, 9.17) is 9.68 Å².